The molecule has 176 valence electrons. The second-order valence-corrected chi connectivity index (χ2v) is 7.72. The van der Waals surface area contributed by atoms with Crippen molar-refractivity contribution < 1.29 is 19.1 Å². The van der Waals surface area contributed by atoms with Gasteiger partial charge < -0.3 is 15.7 Å². The van der Waals surface area contributed by atoms with Crippen LogP contribution in [-0.2, 0) is 4.79 Å². The number of nitrogens with one attached hydrogen (secondary N) is 3. The Balaban J connectivity index is 1.66. The van der Waals surface area contributed by atoms with Gasteiger partial charge in [-0.15, -0.1) is 0 Å². The zero-order valence-corrected chi connectivity index (χ0v) is 18.3. The predicted molar refractivity (Wildman–Crippen MR) is 129 cm³/mol. The van der Waals surface area contributed by atoms with Crippen LogP contribution in [0.25, 0.3) is 11.3 Å². The SMILES string of the molecule is O=C(O)NC(C(=O)Nc1ccc(-c2ccc(=O)[nH]n2)c(F)c1)C(c1ccccc1)c1ccccc1. The number of rotatable bonds is 7. The number of nitrogens with zero attached hydrogens (tertiary/aromatic N) is 1. The van der Waals surface area contributed by atoms with Gasteiger partial charge in [-0.2, -0.15) is 5.10 Å². The van der Waals surface area contributed by atoms with E-state index in [9.17, 15) is 23.9 Å². The van der Waals surface area contributed by atoms with Gasteiger partial charge in [0, 0.05) is 23.2 Å². The third-order valence-electron chi connectivity index (χ3n) is 5.40. The van der Waals surface area contributed by atoms with Crippen LogP contribution in [0.5, 0.6) is 0 Å². The van der Waals surface area contributed by atoms with Crippen LogP contribution in [0, 0.1) is 5.82 Å². The first-order chi connectivity index (χ1) is 16.9. The molecule has 2 amide bonds. The van der Waals surface area contributed by atoms with Crippen LogP contribution in [-0.4, -0.2) is 33.3 Å². The van der Waals surface area contributed by atoms with E-state index in [2.05, 4.69) is 20.8 Å². The van der Waals surface area contributed by atoms with E-state index in [0.717, 1.165) is 17.2 Å². The van der Waals surface area contributed by atoms with Gasteiger partial charge in [0.25, 0.3) is 5.56 Å². The molecule has 0 saturated carbocycles. The summed E-state index contributed by atoms with van der Waals surface area (Å²) >= 11 is 0. The van der Waals surface area contributed by atoms with E-state index in [1.807, 2.05) is 36.4 Å². The fraction of sp³-hybridized carbons (Fsp3) is 0.0769. The summed E-state index contributed by atoms with van der Waals surface area (Å²) < 4.78 is 14.8. The van der Waals surface area contributed by atoms with Gasteiger partial charge in [0.05, 0.1) is 5.69 Å². The van der Waals surface area contributed by atoms with E-state index in [-0.39, 0.29) is 16.9 Å². The number of carbonyl (C=O) groups excluding carboxylic acids is 1. The number of benzene rings is 3. The topological polar surface area (TPSA) is 124 Å². The molecule has 9 heteroatoms. The first kappa shape index (κ1) is 23.4. The minimum atomic E-state index is -1.37. The van der Waals surface area contributed by atoms with E-state index >= 15 is 0 Å². The van der Waals surface area contributed by atoms with Crippen LogP contribution in [0.3, 0.4) is 0 Å². The predicted octanol–water partition coefficient (Wildman–Crippen LogP) is 3.98. The molecule has 0 fully saturated rings. The van der Waals surface area contributed by atoms with Crippen molar-refractivity contribution in [2.24, 2.45) is 0 Å². The molecule has 35 heavy (non-hydrogen) atoms. The highest BCUT2D eigenvalue weighted by atomic mass is 19.1. The lowest BCUT2D eigenvalue weighted by Crippen LogP contribution is -2.47. The molecule has 0 saturated heterocycles. The van der Waals surface area contributed by atoms with Gasteiger partial charge in [0.15, 0.2) is 0 Å². The molecule has 1 unspecified atom stereocenters. The Morgan fingerprint density at radius 3 is 2.03 bits per heavy atom. The van der Waals surface area contributed by atoms with Crippen LogP contribution in [0.1, 0.15) is 17.0 Å². The number of aromatic nitrogens is 2. The van der Waals surface area contributed by atoms with Gasteiger partial charge in [-0.25, -0.2) is 14.3 Å². The number of anilines is 1. The summed E-state index contributed by atoms with van der Waals surface area (Å²) in [6.07, 6.45) is -1.37. The molecule has 1 atom stereocenters. The smallest absolute Gasteiger partial charge is 0.405 e. The average Bonchev–Trinajstić information content (AvgIpc) is 2.85. The van der Waals surface area contributed by atoms with Gasteiger partial charge in [-0.3, -0.25) is 9.59 Å². The van der Waals surface area contributed by atoms with Crippen LogP contribution >= 0.6 is 0 Å². The maximum atomic E-state index is 14.8. The van der Waals surface area contributed by atoms with Gasteiger partial charge in [-0.1, -0.05) is 60.7 Å². The molecule has 0 spiro atoms. The lowest BCUT2D eigenvalue weighted by molar-refractivity contribution is -0.118. The largest absolute Gasteiger partial charge is 0.465 e. The Kier molecular flexibility index (Phi) is 6.96. The summed E-state index contributed by atoms with van der Waals surface area (Å²) in [5.74, 6) is -1.96. The molecule has 0 aliphatic heterocycles. The molecule has 0 radical (unpaired) electrons. The normalized spacial score (nSPS) is 11.6. The molecule has 4 aromatic rings. The monoisotopic (exact) mass is 472 g/mol. The summed E-state index contributed by atoms with van der Waals surface area (Å²) in [5, 5.41) is 20.5. The molecule has 4 rings (SSSR count). The van der Waals surface area contributed by atoms with Crippen molar-refractivity contribution >= 4 is 17.7 Å². The minimum Gasteiger partial charge on any atom is -0.465 e. The number of H-pyrrole nitrogens is 1. The van der Waals surface area contributed by atoms with Crippen LogP contribution in [0.4, 0.5) is 14.9 Å². The zero-order chi connectivity index (χ0) is 24.8. The number of aromatic amines is 1. The maximum Gasteiger partial charge on any atom is 0.405 e. The maximum absolute atomic E-state index is 14.8. The van der Waals surface area contributed by atoms with E-state index in [1.165, 1.54) is 24.3 Å². The molecule has 1 aromatic heterocycles. The molecule has 0 bridgehead atoms. The summed E-state index contributed by atoms with van der Waals surface area (Å²) in [5.41, 5.74) is 1.54. The lowest BCUT2D eigenvalue weighted by atomic mass is 9.84. The number of amides is 2. The fourth-order valence-corrected chi connectivity index (χ4v) is 3.85. The van der Waals surface area contributed by atoms with Crippen molar-refractivity contribution in [2.45, 2.75) is 12.0 Å². The fourth-order valence-electron chi connectivity index (χ4n) is 3.85. The number of hydrogen-bond acceptors (Lipinski definition) is 4. The summed E-state index contributed by atoms with van der Waals surface area (Å²) in [6.45, 7) is 0. The Bertz CT molecular complexity index is 1330. The number of halogens is 1. The molecule has 0 aliphatic carbocycles. The molecule has 4 N–H and O–H groups in total. The Hall–Kier alpha value is -4.79. The van der Waals surface area contributed by atoms with Gasteiger partial charge in [0.1, 0.15) is 11.9 Å². The molecular formula is C26H21FN4O4. The Labute approximate surface area is 199 Å². The minimum absolute atomic E-state index is 0.130. The van der Waals surface area contributed by atoms with Crippen LogP contribution < -0.4 is 16.2 Å². The summed E-state index contributed by atoms with van der Waals surface area (Å²) in [7, 11) is 0. The van der Waals surface area contributed by atoms with Crippen molar-refractivity contribution in [3.63, 3.8) is 0 Å². The van der Waals surface area contributed by atoms with Crippen molar-refractivity contribution in [1.29, 1.82) is 0 Å². The highest BCUT2D eigenvalue weighted by Gasteiger charge is 2.32. The van der Waals surface area contributed by atoms with Crippen LogP contribution in [0.2, 0.25) is 0 Å². The van der Waals surface area contributed by atoms with Crippen molar-refractivity contribution in [1.82, 2.24) is 15.5 Å². The molecule has 3 aromatic carbocycles. The summed E-state index contributed by atoms with van der Waals surface area (Å²) in [6, 6.07) is 23.5. The summed E-state index contributed by atoms with van der Waals surface area (Å²) in [4.78, 5) is 36.2. The molecule has 0 aliphatic rings. The van der Waals surface area contributed by atoms with Crippen molar-refractivity contribution in [3.05, 3.63) is 118 Å². The average molecular weight is 472 g/mol. The van der Waals surface area contributed by atoms with Crippen molar-refractivity contribution in [2.75, 3.05) is 5.32 Å². The Morgan fingerprint density at radius 2 is 1.51 bits per heavy atom. The van der Waals surface area contributed by atoms with E-state index in [1.54, 1.807) is 24.3 Å². The van der Waals surface area contributed by atoms with Gasteiger partial charge in [0.2, 0.25) is 5.91 Å². The first-order valence-corrected chi connectivity index (χ1v) is 10.7. The first-order valence-electron chi connectivity index (χ1n) is 10.7. The highest BCUT2D eigenvalue weighted by Crippen LogP contribution is 2.30. The second kappa shape index (κ2) is 10.4. The van der Waals surface area contributed by atoms with E-state index in [4.69, 9.17) is 0 Å². The number of carboxylic acid groups (broad SMARTS) is 1. The van der Waals surface area contributed by atoms with Crippen LogP contribution in [0.15, 0.2) is 95.8 Å². The molecule has 1 heterocycles. The van der Waals surface area contributed by atoms with E-state index in [0.29, 0.717) is 0 Å². The highest BCUT2D eigenvalue weighted by molar-refractivity contribution is 5.97. The third kappa shape index (κ3) is 5.59. The van der Waals surface area contributed by atoms with Gasteiger partial charge in [-0.05, 0) is 35.4 Å². The molecular weight excluding hydrogens is 451 g/mol. The second-order valence-electron chi connectivity index (χ2n) is 7.72. The lowest BCUT2D eigenvalue weighted by Gasteiger charge is -2.27. The zero-order valence-electron chi connectivity index (χ0n) is 18.3. The number of hydrogen-bond donors (Lipinski definition) is 4. The van der Waals surface area contributed by atoms with Crippen molar-refractivity contribution in [3.8, 4) is 11.3 Å². The number of carbonyl (C=O) groups is 2. The van der Waals surface area contributed by atoms with Gasteiger partial charge >= 0.3 is 6.09 Å². The standard InChI is InChI=1S/C26H21FN4O4/c27-20-15-18(11-12-19(20)21-13-14-22(32)31-30-21)28-25(33)24(29-26(34)35)23(16-7-3-1-4-8-16)17-9-5-2-6-10-17/h1-15,23-24,29H,(H,28,33)(H,31,32)(H,34,35). The molecule has 8 nitrogen and oxygen atoms in total. The van der Waals surface area contributed by atoms with E-state index < -0.39 is 35.3 Å². The Morgan fingerprint density at radius 1 is 0.886 bits per heavy atom. The quantitative estimate of drug-likeness (QED) is 0.324. The third-order valence-corrected chi connectivity index (χ3v) is 5.40.